The summed E-state index contributed by atoms with van der Waals surface area (Å²) < 4.78 is 13.5. The first-order valence-corrected chi connectivity index (χ1v) is 18.7. The predicted octanol–water partition coefficient (Wildman–Crippen LogP) is 15.1. The summed E-state index contributed by atoms with van der Waals surface area (Å²) >= 11 is 0. The Bertz CT molecular complexity index is 3190. The fraction of sp³-hybridized carbons (Fsp3) is 0. The van der Waals surface area contributed by atoms with E-state index in [0.29, 0.717) is 0 Å². The second-order valence-electron chi connectivity index (χ2n) is 14.1. The van der Waals surface area contributed by atoms with Crippen LogP contribution in [0, 0.1) is 0 Å². The summed E-state index contributed by atoms with van der Waals surface area (Å²) in [6.45, 7) is 0. The molecule has 3 heteroatoms. The van der Waals surface area contributed by atoms with E-state index in [0.717, 1.165) is 83.2 Å². The van der Waals surface area contributed by atoms with Crippen molar-refractivity contribution in [3.63, 3.8) is 0 Å². The van der Waals surface area contributed by atoms with E-state index in [4.69, 9.17) is 8.83 Å². The first-order chi connectivity index (χ1) is 27.3. The Labute approximate surface area is 317 Å². The molecule has 0 aliphatic rings. The van der Waals surface area contributed by atoms with Gasteiger partial charge in [0.2, 0.25) is 0 Å². The van der Waals surface area contributed by atoms with Gasteiger partial charge in [-0.05, 0) is 86.6 Å². The van der Waals surface area contributed by atoms with Crippen molar-refractivity contribution in [2.45, 2.75) is 0 Å². The first kappa shape index (κ1) is 31.2. The highest BCUT2D eigenvalue weighted by Gasteiger charge is 2.25. The molecule has 0 fully saturated rings. The SMILES string of the molecule is c1ccc(-c2ccc(N(c3ccc(-c4ccc(-c5ccc6ccccc6c5)cc4)cc3)c3cccc4c3oc3ccccc34)c3oc4ccccc4c23)cc1. The third-order valence-electron chi connectivity index (χ3n) is 10.9. The van der Waals surface area contributed by atoms with E-state index in [1.54, 1.807) is 0 Å². The molecule has 0 atom stereocenters. The van der Waals surface area contributed by atoms with Crippen LogP contribution in [0.4, 0.5) is 17.1 Å². The van der Waals surface area contributed by atoms with Gasteiger partial charge in [0, 0.05) is 27.2 Å². The van der Waals surface area contributed by atoms with Crippen LogP contribution in [0.3, 0.4) is 0 Å². The van der Waals surface area contributed by atoms with Crippen LogP contribution < -0.4 is 4.90 Å². The molecule has 9 aromatic carbocycles. The Morgan fingerprint density at radius 2 is 0.891 bits per heavy atom. The quantitative estimate of drug-likeness (QED) is 0.173. The minimum Gasteiger partial charge on any atom is -0.454 e. The van der Waals surface area contributed by atoms with Crippen molar-refractivity contribution in [3.05, 3.63) is 200 Å². The summed E-state index contributed by atoms with van der Waals surface area (Å²) in [6, 6.07) is 70.8. The van der Waals surface area contributed by atoms with E-state index >= 15 is 0 Å². The average Bonchev–Trinajstić information content (AvgIpc) is 3.84. The number of para-hydroxylation sites is 3. The predicted molar refractivity (Wildman–Crippen MR) is 229 cm³/mol. The maximum atomic E-state index is 6.83. The Hall–Kier alpha value is -7.36. The van der Waals surface area contributed by atoms with Gasteiger partial charge in [-0.1, -0.05) is 158 Å². The van der Waals surface area contributed by atoms with Crippen LogP contribution in [-0.2, 0) is 0 Å². The minimum absolute atomic E-state index is 0.823. The number of hydrogen-bond acceptors (Lipinski definition) is 3. The maximum Gasteiger partial charge on any atom is 0.160 e. The first-order valence-electron chi connectivity index (χ1n) is 18.7. The topological polar surface area (TPSA) is 29.5 Å². The fourth-order valence-corrected chi connectivity index (χ4v) is 8.19. The lowest BCUT2D eigenvalue weighted by atomic mass is 9.97. The van der Waals surface area contributed by atoms with E-state index < -0.39 is 0 Å². The highest BCUT2D eigenvalue weighted by atomic mass is 16.3. The van der Waals surface area contributed by atoms with Crippen LogP contribution >= 0.6 is 0 Å². The van der Waals surface area contributed by atoms with Crippen LogP contribution in [0.1, 0.15) is 0 Å². The molecule has 0 bridgehead atoms. The molecular formula is C52H33NO2. The van der Waals surface area contributed by atoms with Gasteiger partial charge in [-0.3, -0.25) is 0 Å². The van der Waals surface area contributed by atoms with Crippen molar-refractivity contribution in [2.75, 3.05) is 4.90 Å². The number of furan rings is 2. The molecule has 0 amide bonds. The smallest absolute Gasteiger partial charge is 0.160 e. The molecule has 0 aliphatic carbocycles. The third kappa shape index (κ3) is 5.20. The van der Waals surface area contributed by atoms with Crippen LogP contribution in [0.5, 0.6) is 0 Å². The lowest BCUT2D eigenvalue weighted by molar-refractivity contribution is 0.666. The number of anilines is 3. The zero-order valence-electron chi connectivity index (χ0n) is 29.8. The number of rotatable bonds is 6. The number of benzene rings is 9. The van der Waals surface area contributed by atoms with Crippen molar-refractivity contribution in [3.8, 4) is 33.4 Å². The maximum absolute atomic E-state index is 6.83. The number of fused-ring (bicyclic) bond motifs is 7. The highest BCUT2D eigenvalue weighted by Crippen LogP contribution is 2.48. The zero-order valence-corrected chi connectivity index (χ0v) is 29.8. The second kappa shape index (κ2) is 12.6. The van der Waals surface area contributed by atoms with E-state index in [1.165, 1.54) is 21.9 Å². The van der Waals surface area contributed by atoms with E-state index in [9.17, 15) is 0 Å². The van der Waals surface area contributed by atoms with E-state index in [2.05, 4.69) is 187 Å². The Kier molecular flexibility index (Phi) is 7.17. The average molecular weight is 704 g/mol. The van der Waals surface area contributed by atoms with Gasteiger partial charge >= 0.3 is 0 Å². The van der Waals surface area contributed by atoms with Gasteiger partial charge in [0.25, 0.3) is 0 Å². The molecule has 2 heterocycles. The van der Waals surface area contributed by atoms with Crippen molar-refractivity contribution >= 4 is 71.7 Å². The molecule has 0 spiro atoms. The summed E-state index contributed by atoms with van der Waals surface area (Å²) in [5.74, 6) is 0. The third-order valence-corrected chi connectivity index (χ3v) is 10.9. The monoisotopic (exact) mass is 703 g/mol. The van der Waals surface area contributed by atoms with Gasteiger partial charge in [-0.2, -0.15) is 0 Å². The fourth-order valence-electron chi connectivity index (χ4n) is 8.19. The van der Waals surface area contributed by atoms with Gasteiger partial charge in [-0.15, -0.1) is 0 Å². The van der Waals surface area contributed by atoms with E-state index in [-0.39, 0.29) is 0 Å². The summed E-state index contributed by atoms with van der Waals surface area (Å²) in [7, 11) is 0. The molecule has 0 radical (unpaired) electrons. The van der Waals surface area contributed by atoms with Gasteiger partial charge in [0.15, 0.2) is 11.2 Å². The lowest BCUT2D eigenvalue weighted by Crippen LogP contribution is -2.10. The highest BCUT2D eigenvalue weighted by molar-refractivity contribution is 6.18. The molecule has 0 N–H and O–H groups in total. The molecule has 11 aromatic rings. The van der Waals surface area contributed by atoms with Crippen LogP contribution in [0.2, 0.25) is 0 Å². The molecule has 55 heavy (non-hydrogen) atoms. The number of nitrogens with zero attached hydrogens (tertiary/aromatic N) is 1. The molecule has 0 saturated carbocycles. The van der Waals surface area contributed by atoms with Crippen molar-refractivity contribution in [2.24, 2.45) is 0 Å². The summed E-state index contributed by atoms with van der Waals surface area (Å²) in [5.41, 5.74) is 13.2. The molecule has 0 unspecified atom stereocenters. The zero-order chi connectivity index (χ0) is 36.3. The second-order valence-corrected chi connectivity index (χ2v) is 14.1. The van der Waals surface area contributed by atoms with Crippen molar-refractivity contribution < 1.29 is 8.83 Å². The Morgan fingerprint density at radius 1 is 0.327 bits per heavy atom. The van der Waals surface area contributed by atoms with Gasteiger partial charge < -0.3 is 13.7 Å². The summed E-state index contributed by atoms with van der Waals surface area (Å²) in [4.78, 5) is 2.29. The summed E-state index contributed by atoms with van der Waals surface area (Å²) in [6.07, 6.45) is 0. The van der Waals surface area contributed by atoms with Crippen LogP contribution in [0.15, 0.2) is 209 Å². The molecule has 0 saturated heterocycles. The molecule has 258 valence electrons. The normalized spacial score (nSPS) is 11.6. The van der Waals surface area contributed by atoms with E-state index in [1.807, 2.05) is 18.2 Å². The van der Waals surface area contributed by atoms with Crippen molar-refractivity contribution in [1.82, 2.24) is 0 Å². The lowest BCUT2D eigenvalue weighted by Gasteiger charge is -2.26. The van der Waals surface area contributed by atoms with Gasteiger partial charge in [0.05, 0.1) is 11.4 Å². The van der Waals surface area contributed by atoms with Gasteiger partial charge in [-0.25, -0.2) is 0 Å². The van der Waals surface area contributed by atoms with Gasteiger partial charge in [0.1, 0.15) is 11.2 Å². The molecule has 3 nitrogen and oxygen atoms in total. The molecule has 11 rings (SSSR count). The molecular weight excluding hydrogens is 671 g/mol. The van der Waals surface area contributed by atoms with Crippen LogP contribution in [-0.4, -0.2) is 0 Å². The van der Waals surface area contributed by atoms with Crippen molar-refractivity contribution in [1.29, 1.82) is 0 Å². The largest absolute Gasteiger partial charge is 0.454 e. The summed E-state index contributed by atoms with van der Waals surface area (Å²) in [5, 5.41) is 6.84. The standard InChI is InChI=1S/C52H33NO2/c1-2-12-38(13-3-1)42-31-32-47(52-50(42)45-16-7-9-20-49(45)55-52)53(46-18-10-17-44-43-15-6-8-19-48(43)54-51(44)46)41-29-27-36(28-30-41)35-21-23-37(24-22-35)40-26-25-34-11-4-5-14-39(34)33-40/h1-33H. The minimum atomic E-state index is 0.823. The molecule has 2 aromatic heterocycles. The molecule has 0 aliphatic heterocycles. The number of hydrogen-bond donors (Lipinski definition) is 0. The Balaban J connectivity index is 1.07. The van der Waals surface area contributed by atoms with Crippen LogP contribution in [0.25, 0.3) is 88.0 Å². The Morgan fingerprint density at radius 3 is 1.67 bits per heavy atom.